The Morgan fingerprint density at radius 2 is 1.76 bits per heavy atom. The molecule has 6 heteroatoms. The third-order valence-corrected chi connectivity index (χ3v) is 5.62. The van der Waals surface area contributed by atoms with Crippen LogP contribution in [-0.2, 0) is 4.79 Å². The summed E-state index contributed by atoms with van der Waals surface area (Å²) in [6.45, 7) is 3.61. The van der Waals surface area contributed by atoms with E-state index in [0.29, 0.717) is 5.75 Å². The molecule has 1 N–H and O–H groups in total. The topological polar surface area (TPSA) is 60.9 Å². The Morgan fingerprint density at radius 1 is 1.14 bits per heavy atom. The normalized spacial score (nSPS) is 27.3. The van der Waals surface area contributed by atoms with Crippen LogP contribution in [0, 0.1) is 0 Å². The van der Waals surface area contributed by atoms with Crippen molar-refractivity contribution in [2.75, 3.05) is 18.8 Å². The molecule has 2 rings (SSSR count). The number of amides is 2. The molecule has 0 aromatic rings. The van der Waals surface area contributed by atoms with Gasteiger partial charge in [-0.2, -0.15) is 0 Å². The second-order valence-corrected chi connectivity index (χ2v) is 7.09. The van der Waals surface area contributed by atoms with Crippen LogP contribution in [0.4, 0.5) is 4.79 Å². The van der Waals surface area contributed by atoms with E-state index in [2.05, 4.69) is 6.92 Å². The molecule has 2 unspecified atom stereocenters. The van der Waals surface area contributed by atoms with Gasteiger partial charge in [-0.25, -0.2) is 9.59 Å². The van der Waals surface area contributed by atoms with E-state index in [1.807, 2.05) is 4.90 Å². The summed E-state index contributed by atoms with van der Waals surface area (Å²) in [6.07, 6.45) is 7.48. The highest BCUT2D eigenvalue weighted by atomic mass is 32.2. The second kappa shape index (κ2) is 7.92. The monoisotopic (exact) mass is 314 g/mol. The van der Waals surface area contributed by atoms with Gasteiger partial charge in [0.15, 0.2) is 0 Å². The van der Waals surface area contributed by atoms with Crippen molar-refractivity contribution in [3.63, 3.8) is 0 Å². The smallest absolute Gasteiger partial charge is 0.327 e. The zero-order valence-corrected chi connectivity index (χ0v) is 13.6. The number of likely N-dealkylation sites (tertiary alicyclic amines) is 1. The van der Waals surface area contributed by atoms with E-state index in [9.17, 15) is 14.7 Å². The van der Waals surface area contributed by atoms with Gasteiger partial charge >= 0.3 is 12.0 Å². The third-order valence-electron chi connectivity index (χ3n) is 4.26. The van der Waals surface area contributed by atoms with Gasteiger partial charge < -0.3 is 10.0 Å². The fourth-order valence-corrected chi connectivity index (χ4v) is 4.59. The van der Waals surface area contributed by atoms with Crippen molar-refractivity contribution in [3.8, 4) is 0 Å². The fraction of sp³-hybridized carbons (Fsp3) is 0.867. The molecular weight excluding hydrogens is 288 g/mol. The van der Waals surface area contributed by atoms with Crippen molar-refractivity contribution in [3.05, 3.63) is 0 Å². The number of urea groups is 1. The molecule has 5 nitrogen and oxygen atoms in total. The largest absolute Gasteiger partial charge is 0.480 e. The first-order chi connectivity index (χ1) is 10.1. The minimum absolute atomic E-state index is 0.0223. The molecule has 120 valence electrons. The van der Waals surface area contributed by atoms with Crippen molar-refractivity contribution < 1.29 is 14.7 Å². The lowest BCUT2D eigenvalue weighted by atomic mass is 10.1. The molecule has 0 spiro atoms. The van der Waals surface area contributed by atoms with Gasteiger partial charge in [-0.15, -0.1) is 11.8 Å². The van der Waals surface area contributed by atoms with Crippen molar-refractivity contribution in [2.45, 2.75) is 63.3 Å². The molecular formula is C15H26N2O3S. The summed E-state index contributed by atoms with van der Waals surface area (Å²) in [5.74, 6) is -0.360. The number of carboxylic acids is 1. The number of hydrogen-bond donors (Lipinski definition) is 1. The van der Waals surface area contributed by atoms with E-state index in [1.165, 1.54) is 19.3 Å². The summed E-state index contributed by atoms with van der Waals surface area (Å²) < 4.78 is 0. The van der Waals surface area contributed by atoms with Crippen LogP contribution in [-0.4, -0.2) is 57.2 Å². The summed E-state index contributed by atoms with van der Waals surface area (Å²) >= 11 is 1.61. The fourth-order valence-electron chi connectivity index (χ4n) is 3.08. The second-order valence-electron chi connectivity index (χ2n) is 5.88. The van der Waals surface area contributed by atoms with Crippen molar-refractivity contribution in [2.24, 2.45) is 0 Å². The Labute approximate surface area is 131 Å². The van der Waals surface area contributed by atoms with Crippen molar-refractivity contribution >= 4 is 23.8 Å². The molecule has 2 fully saturated rings. The molecule has 21 heavy (non-hydrogen) atoms. The number of thioether (sulfide) groups is 1. The molecule has 0 radical (unpaired) electrons. The van der Waals surface area contributed by atoms with Gasteiger partial charge in [0, 0.05) is 18.8 Å². The van der Waals surface area contributed by atoms with Crippen molar-refractivity contribution in [1.82, 2.24) is 9.80 Å². The minimum atomic E-state index is -0.874. The Bertz CT molecular complexity index is 370. The molecule has 2 saturated heterocycles. The molecule has 0 saturated carbocycles. The van der Waals surface area contributed by atoms with Crippen LogP contribution in [0.5, 0.6) is 0 Å². The quantitative estimate of drug-likeness (QED) is 0.870. The van der Waals surface area contributed by atoms with Crippen LogP contribution in [0.3, 0.4) is 0 Å². The van der Waals surface area contributed by atoms with Gasteiger partial charge in [-0.1, -0.05) is 32.6 Å². The predicted molar refractivity (Wildman–Crippen MR) is 84.5 cm³/mol. The summed E-state index contributed by atoms with van der Waals surface area (Å²) in [7, 11) is 0. The highest BCUT2D eigenvalue weighted by Gasteiger charge is 2.42. The summed E-state index contributed by atoms with van der Waals surface area (Å²) in [4.78, 5) is 27.8. The van der Waals surface area contributed by atoms with Crippen LogP contribution in [0.25, 0.3) is 0 Å². The molecule has 2 aliphatic rings. The average Bonchev–Trinajstić information content (AvgIpc) is 2.82. The SMILES string of the molecule is CCCC1SCC(C(=O)O)N1C(=O)N1CCCCCCC1. The van der Waals surface area contributed by atoms with E-state index in [0.717, 1.165) is 38.8 Å². The summed E-state index contributed by atoms with van der Waals surface area (Å²) in [6, 6.07) is -0.725. The average molecular weight is 314 g/mol. The number of nitrogens with zero attached hydrogens (tertiary/aromatic N) is 2. The summed E-state index contributed by atoms with van der Waals surface area (Å²) in [5, 5.41) is 9.41. The van der Waals surface area contributed by atoms with Crippen LogP contribution in [0.1, 0.15) is 51.9 Å². The first-order valence-electron chi connectivity index (χ1n) is 8.06. The van der Waals surface area contributed by atoms with Gasteiger partial charge in [0.25, 0.3) is 0 Å². The van der Waals surface area contributed by atoms with Gasteiger partial charge in [-0.05, 0) is 19.3 Å². The number of aliphatic carboxylic acids is 1. The number of carbonyl (C=O) groups excluding carboxylic acids is 1. The highest BCUT2D eigenvalue weighted by molar-refractivity contribution is 8.00. The third kappa shape index (κ3) is 4.05. The zero-order valence-electron chi connectivity index (χ0n) is 12.8. The number of rotatable bonds is 3. The molecule has 2 atom stereocenters. The van der Waals surface area contributed by atoms with Gasteiger partial charge in [0.05, 0.1) is 5.37 Å². The predicted octanol–water partition coefficient (Wildman–Crippen LogP) is 3.00. The Morgan fingerprint density at radius 3 is 2.33 bits per heavy atom. The molecule has 0 aromatic heterocycles. The van der Waals surface area contributed by atoms with E-state index >= 15 is 0 Å². The lowest BCUT2D eigenvalue weighted by Crippen LogP contribution is -2.52. The lowest BCUT2D eigenvalue weighted by molar-refractivity contribution is -0.141. The first-order valence-corrected chi connectivity index (χ1v) is 9.11. The number of carbonyl (C=O) groups is 2. The maximum absolute atomic E-state index is 12.8. The first kappa shape index (κ1) is 16.5. The lowest BCUT2D eigenvalue weighted by Gasteiger charge is -2.34. The van der Waals surface area contributed by atoms with Crippen LogP contribution in [0.15, 0.2) is 0 Å². The Kier molecular flexibility index (Phi) is 6.21. The standard InChI is InChI=1S/C15H26N2O3S/c1-2-8-13-17(12(11-21-13)14(18)19)15(20)16-9-6-4-3-5-7-10-16/h12-13H,2-11H2,1H3,(H,18,19). The van der Waals surface area contributed by atoms with E-state index in [4.69, 9.17) is 0 Å². The highest BCUT2D eigenvalue weighted by Crippen LogP contribution is 2.33. The van der Waals surface area contributed by atoms with Gasteiger partial charge in [0.1, 0.15) is 6.04 Å². The van der Waals surface area contributed by atoms with E-state index < -0.39 is 12.0 Å². The maximum atomic E-state index is 12.8. The Hall–Kier alpha value is -0.910. The minimum Gasteiger partial charge on any atom is -0.480 e. The van der Waals surface area contributed by atoms with E-state index in [-0.39, 0.29) is 11.4 Å². The maximum Gasteiger partial charge on any atom is 0.327 e. The molecule has 0 aliphatic carbocycles. The zero-order chi connectivity index (χ0) is 15.2. The van der Waals surface area contributed by atoms with Crippen molar-refractivity contribution in [1.29, 1.82) is 0 Å². The van der Waals surface area contributed by atoms with Crippen LogP contribution < -0.4 is 0 Å². The molecule has 2 aliphatic heterocycles. The number of carboxylic acid groups (broad SMARTS) is 1. The number of hydrogen-bond acceptors (Lipinski definition) is 3. The van der Waals surface area contributed by atoms with E-state index in [1.54, 1.807) is 16.7 Å². The molecule has 2 heterocycles. The molecule has 0 bridgehead atoms. The molecule has 2 amide bonds. The molecule has 0 aromatic carbocycles. The van der Waals surface area contributed by atoms with Gasteiger partial charge in [0.2, 0.25) is 0 Å². The Balaban J connectivity index is 2.09. The van der Waals surface area contributed by atoms with Crippen LogP contribution >= 0.6 is 11.8 Å². The van der Waals surface area contributed by atoms with Gasteiger partial charge in [-0.3, -0.25) is 4.90 Å². The summed E-state index contributed by atoms with van der Waals surface area (Å²) in [5.41, 5.74) is 0. The van der Waals surface area contributed by atoms with Crippen LogP contribution in [0.2, 0.25) is 0 Å².